The molecule has 0 aliphatic heterocycles. The van der Waals surface area contributed by atoms with Crippen LogP contribution in [-0.4, -0.2) is 19.9 Å². The molecule has 0 aliphatic rings. The van der Waals surface area contributed by atoms with Crippen molar-refractivity contribution in [2.24, 2.45) is 0 Å². The summed E-state index contributed by atoms with van der Waals surface area (Å²) < 4.78 is 0. The Morgan fingerprint density at radius 3 is 1.30 bits per heavy atom. The molecular weight excluding hydrogens is 560 g/mol. The van der Waals surface area contributed by atoms with Gasteiger partial charge in [0.05, 0.1) is 0 Å². The summed E-state index contributed by atoms with van der Waals surface area (Å²) in [5.74, 6) is 1.93. The van der Waals surface area contributed by atoms with Crippen molar-refractivity contribution >= 4 is 0 Å². The maximum Gasteiger partial charge on any atom is 0.164 e. The van der Waals surface area contributed by atoms with Crippen LogP contribution in [0.3, 0.4) is 0 Å². The summed E-state index contributed by atoms with van der Waals surface area (Å²) in [5, 5.41) is 0. The van der Waals surface area contributed by atoms with E-state index in [1.165, 1.54) is 16.7 Å². The molecule has 230 valence electrons. The number of hydrogen-bond acceptors (Lipinski definition) is 4. The molecular formula is C42H42N4. The van der Waals surface area contributed by atoms with Crippen LogP contribution in [0.25, 0.3) is 56.4 Å². The van der Waals surface area contributed by atoms with Crippen molar-refractivity contribution in [3.63, 3.8) is 0 Å². The summed E-state index contributed by atoms with van der Waals surface area (Å²) in [6.07, 6.45) is 0. The van der Waals surface area contributed by atoms with E-state index in [0.29, 0.717) is 17.5 Å². The van der Waals surface area contributed by atoms with Crippen molar-refractivity contribution in [1.29, 1.82) is 0 Å². The zero-order valence-electron chi connectivity index (χ0n) is 28.2. The van der Waals surface area contributed by atoms with Crippen LogP contribution in [0.1, 0.15) is 64.1 Å². The van der Waals surface area contributed by atoms with Gasteiger partial charge in [0.15, 0.2) is 17.5 Å². The van der Waals surface area contributed by atoms with Gasteiger partial charge < -0.3 is 0 Å². The van der Waals surface area contributed by atoms with Crippen LogP contribution in [0.2, 0.25) is 0 Å². The molecule has 0 unspecified atom stereocenters. The quantitative estimate of drug-likeness (QED) is 0.197. The van der Waals surface area contributed by atoms with Crippen molar-refractivity contribution in [3.8, 4) is 56.4 Å². The molecule has 4 heteroatoms. The predicted molar refractivity (Wildman–Crippen MR) is 192 cm³/mol. The normalized spacial score (nSPS) is 11.9. The summed E-state index contributed by atoms with van der Waals surface area (Å²) in [6.45, 7) is 17.8. The highest BCUT2D eigenvalue weighted by Gasteiger charge is 2.22. The third-order valence-corrected chi connectivity index (χ3v) is 8.43. The Kier molecular flexibility index (Phi) is 8.16. The average Bonchev–Trinajstić information content (AvgIpc) is 3.04. The van der Waals surface area contributed by atoms with Gasteiger partial charge in [0, 0.05) is 33.6 Å². The van der Waals surface area contributed by atoms with Gasteiger partial charge in [0.1, 0.15) is 0 Å². The highest BCUT2D eigenvalue weighted by molar-refractivity contribution is 5.81. The number of aromatic nitrogens is 4. The first kappa shape index (κ1) is 31.0. The van der Waals surface area contributed by atoms with Gasteiger partial charge in [-0.15, -0.1) is 0 Å². The molecule has 0 aliphatic carbocycles. The van der Waals surface area contributed by atoms with Crippen LogP contribution in [0.15, 0.2) is 109 Å². The van der Waals surface area contributed by atoms with Crippen molar-refractivity contribution in [2.75, 3.05) is 0 Å². The van der Waals surface area contributed by atoms with E-state index in [1.807, 2.05) is 67.6 Å². The maximum atomic E-state index is 5.08. The second-order valence-corrected chi connectivity index (χ2v) is 14.2. The SMILES string of the molecule is Cc1ccc(-c2cc(-c3cc(C(C)(C)C)cc(C(C)(C)C)c3)cc(-c3nc(-c4ccccc4)nc(-c4ccccc4)n3)c2)c(C)n1. The third kappa shape index (κ3) is 6.67. The molecule has 4 nitrogen and oxygen atoms in total. The summed E-state index contributed by atoms with van der Waals surface area (Å²) in [5.41, 5.74) is 11.9. The van der Waals surface area contributed by atoms with Gasteiger partial charge in [-0.3, -0.25) is 4.98 Å². The van der Waals surface area contributed by atoms with Gasteiger partial charge in [-0.2, -0.15) is 0 Å². The molecule has 0 saturated heterocycles. The van der Waals surface area contributed by atoms with Crippen molar-refractivity contribution in [1.82, 2.24) is 19.9 Å². The van der Waals surface area contributed by atoms with Crippen LogP contribution in [-0.2, 0) is 10.8 Å². The maximum absolute atomic E-state index is 5.08. The first-order valence-electron chi connectivity index (χ1n) is 16.0. The Labute approximate surface area is 273 Å². The van der Waals surface area contributed by atoms with Gasteiger partial charge in [-0.25, -0.2) is 15.0 Å². The van der Waals surface area contributed by atoms with Crippen LogP contribution in [0, 0.1) is 13.8 Å². The van der Waals surface area contributed by atoms with E-state index in [4.69, 9.17) is 19.9 Å². The van der Waals surface area contributed by atoms with Crippen molar-refractivity contribution < 1.29 is 0 Å². The van der Waals surface area contributed by atoms with Crippen LogP contribution in [0.4, 0.5) is 0 Å². The minimum absolute atomic E-state index is 0.00268. The van der Waals surface area contributed by atoms with Crippen molar-refractivity contribution in [2.45, 2.75) is 66.2 Å². The van der Waals surface area contributed by atoms with E-state index in [1.54, 1.807) is 0 Å². The lowest BCUT2D eigenvalue weighted by Gasteiger charge is -2.26. The molecule has 2 heterocycles. The first-order valence-corrected chi connectivity index (χ1v) is 16.0. The average molecular weight is 603 g/mol. The Hall–Kier alpha value is -4.96. The first-order chi connectivity index (χ1) is 21.8. The largest absolute Gasteiger partial charge is 0.258 e. The van der Waals surface area contributed by atoms with E-state index >= 15 is 0 Å². The number of aryl methyl sites for hydroxylation is 2. The van der Waals surface area contributed by atoms with E-state index in [2.05, 4.69) is 97.0 Å². The highest BCUT2D eigenvalue weighted by Crippen LogP contribution is 2.38. The van der Waals surface area contributed by atoms with E-state index < -0.39 is 0 Å². The molecule has 2 aromatic heterocycles. The number of hydrogen-bond donors (Lipinski definition) is 0. The molecule has 0 radical (unpaired) electrons. The Balaban J connectivity index is 1.64. The molecule has 0 saturated carbocycles. The summed E-state index contributed by atoms with van der Waals surface area (Å²) in [7, 11) is 0. The van der Waals surface area contributed by atoms with Crippen LogP contribution >= 0.6 is 0 Å². The fourth-order valence-corrected chi connectivity index (χ4v) is 5.67. The number of rotatable bonds is 5. The number of benzene rings is 4. The van der Waals surface area contributed by atoms with Gasteiger partial charge in [-0.05, 0) is 76.8 Å². The summed E-state index contributed by atoms with van der Waals surface area (Å²) >= 11 is 0. The number of pyridine rings is 1. The molecule has 0 bridgehead atoms. The smallest absolute Gasteiger partial charge is 0.164 e. The molecule has 0 N–H and O–H groups in total. The minimum atomic E-state index is -0.00268. The zero-order chi connectivity index (χ0) is 32.6. The van der Waals surface area contributed by atoms with E-state index in [9.17, 15) is 0 Å². The lowest BCUT2D eigenvalue weighted by Crippen LogP contribution is -2.16. The Morgan fingerprint density at radius 2 is 0.826 bits per heavy atom. The Bertz CT molecular complexity index is 1920. The molecule has 0 fully saturated rings. The molecule has 0 amide bonds. The van der Waals surface area contributed by atoms with Crippen LogP contribution in [0.5, 0.6) is 0 Å². The zero-order valence-corrected chi connectivity index (χ0v) is 28.2. The molecule has 0 atom stereocenters. The Morgan fingerprint density at radius 1 is 0.391 bits per heavy atom. The van der Waals surface area contributed by atoms with E-state index in [0.717, 1.165) is 44.8 Å². The van der Waals surface area contributed by atoms with E-state index in [-0.39, 0.29) is 10.8 Å². The second kappa shape index (κ2) is 12.1. The lowest BCUT2D eigenvalue weighted by molar-refractivity contribution is 0.569. The standard InChI is InChI=1S/C42H42N4/c1-27-19-20-37(28(2)43-27)33-21-31(32-24-35(41(3,4)5)26-36(25-32)42(6,7)8)22-34(23-33)40-45-38(29-15-11-9-12-16-29)44-39(46-40)30-17-13-10-14-18-30/h9-26H,1-8H3. The molecule has 4 aromatic carbocycles. The summed E-state index contributed by atoms with van der Waals surface area (Å²) in [6, 6.07) is 38.3. The van der Waals surface area contributed by atoms with Gasteiger partial charge >= 0.3 is 0 Å². The molecule has 46 heavy (non-hydrogen) atoms. The number of nitrogens with zero attached hydrogens (tertiary/aromatic N) is 4. The van der Waals surface area contributed by atoms with Gasteiger partial charge in [0.25, 0.3) is 0 Å². The fourth-order valence-electron chi connectivity index (χ4n) is 5.67. The van der Waals surface area contributed by atoms with Gasteiger partial charge in [0.2, 0.25) is 0 Å². The highest BCUT2D eigenvalue weighted by atomic mass is 15.0. The third-order valence-electron chi connectivity index (χ3n) is 8.43. The monoisotopic (exact) mass is 602 g/mol. The molecule has 6 rings (SSSR count). The topological polar surface area (TPSA) is 51.6 Å². The lowest BCUT2D eigenvalue weighted by atomic mass is 9.78. The van der Waals surface area contributed by atoms with Crippen molar-refractivity contribution in [3.05, 3.63) is 132 Å². The summed E-state index contributed by atoms with van der Waals surface area (Å²) in [4.78, 5) is 19.9. The van der Waals surface area contributed by atoms with Crippen LogP contribution < -0.4 is 0 Å². The fraction of sp³-hybridized carbons (Fsp3) is 0.238. The minimum Gasteiger partial charge on any atom is -0.258 e. The molecule has 0 spiro atoms. The van der Waals surface area contributed by atoms with Gasteiger partial charge in [-0.1, -0.05) is 126 Å². The predicted octanol–water partition coefficient (Wildman–Crippen LogP) is 10.8. The second-order valence-electron chi connectivity index (χ2n) is 14.2. The molecule has 6 aromatic rings.